The fourth-order valence-electron chi connectivity index (χ4n) is 4.00. The number of ether oxygens (including phenoxy) is 1. The molecule has 0 saturated heterocycles. The van der Waals surface area contributed by atoms with Crippen LogP contribution in [0.3, 0.4) is 0 Å². The summed E-state index contributed by atoms with van der Waals surface area (Å²) in [5.74, 6) is -0.133. The van der Waals surface area contributed by atoms with Crippen LogP contribution in [0.2, 0.25) is 0 Å². The van der Waals surface area contributed by atoms with Crippen molar-refractivity contribution >= 4 is 23.1 Å². The van der Waals surface area contributed by atoms with Crippen LogP contribution >= 0.6 is 0 Å². The van der Waals surface area contributed by atoms with Crippen LogP contribution in [0.1, 0.15) is 22.3 Å². The number of rotatable bonds is 6. The van der Waals surface area contributed by atoms with E-state index in [0.29, 0.717) is 34.8 Å². The Kier molecular flexibility index (Phi) is 5.82. The lowest BCUT2D eigenvalue weighted by Crippen LogP contribution is -2.34. The molecule has 0 saturated carbocycles. The van der Waals surface area contributed by atoms with Crippen LogP contribution in [0.25, 0.3) is 5.57 Å². The third-order valence-corrected chi connectivity index (χ3v) is 5.83. The highest BCUT2D eigenvalue weighted by atomic mass is 16.5. The zero-order valence-corrected chi connectivity index (χ0v) is 18.8. The van der Waals surface area contributed by atoms with Gasteiger partial charge in [-0.1, -0.05) is 54.6 Å². The van der Waals surface area contributed by atoms with E-state index in [9.17, 15) is 9.59 Å². The molecular formula is C27H26N2O3. The van der Waals surface area contributed by atoms with Crippen molar-refractivity contribution in [3.05, 3.63) is 101 Å². The lowest BCUT2D eigenvalue weighted by Gasteiger charge is -2.22. The average Bonchev–Trinajstić information content (AvgIpc) is 3.06. The summed E-state index contributed by atoms with van der Waals surface area (Å²) in [6, 6.07) is 22.8. The van der Waals surface area contributed by atoms with Crippen molar-refractivity contribution in [2.24, 2.45) is 0 Å². The van der Waals surface area contributed by atoms with Gasteiger partial charge in [-0.15, -0.1) is 0 Å². The summed E-state index contributed by atoms with van der Waals surface area (Å²) in [5, 5.41) is 0. The third-order valence-electron chi connectivity index (χ3n) is 5.83. The summed E-state index contributed by atoms with van der Waals surface area (Å²) in [6.07, 6.45) is 0. The van der Waals surface area contributed by atoms with Crippen molar-refractivity contribution in [2.45, 2.75) is 20.4 Å². The number of hydrogen-bond donors (Lipinski definition) is 0. The quantitative estimate of drug-likeness (QED) is 0.535. The number of aryl methyl sites for hydroxylation is 2. The Labute approximate surface area is 188 Å². The van der Waals surface area contributed by atoms with Gasteiger partial charge < -0.3 is 9.64 Å². The Balaban J connectivity index is 1.85. The molecular weight excluding hydrogens is 400 g/mol. The molecule has 3 aromatic carbocycles. The standard InChI is InChI=1S/C27H26N2O3/c1-18-14-15-21(16-19(18)2)29-26(30)24(22-12-8-9-13-23(22)32-4)25(27(29)31)28(3)17-20-10-6-5-7-11-20/h5-16H,17H2,1-4H3. The van der Waals surface area contributed by atoms with Crippen LogP contribution in [0.5, 0.6) is 5.75 Å². The Hall–Kier alpha value is -3.86. The van der Waals surface area contributed by atoms with Gasteiger partial charge in [0.15, 0.2) is 0 Å². The van der Waals surface area contributed by atoms with Gasteiger partial charge in [-0.3, -0.25) is 9.59 Å². The normalized spacial score (nSPS) is 13.7. The number of amides is 2. The number of para-hydroxylation sites is 1. The van der Waals surface area contributed by atoms with Crippen molar-refractivity contribution in [2.75, 3.05) is 19.1 Å². The largest absolute Gasteiger partial charge is 0.496 e. The fourth-order valence-corrected chi connectivity index (χ4v) is 4.00. The number of anilines is 1. The van der Waals surface area contributed by atoms with Crippen molar-refractivity contribution < 1.29 is 14.3 Å². The van der Waals surface area contributed by atoms with Crippen LogP contribution < -0.4 is 9.64 Å². The van der Waals surface area contributed by atoms with Gasteiger partial charge in [0.2, 0.25) is 0 Å². The lowest BCUT2D eigenvalue weighted by atomic mass is 10.0. The van der Waals surface area contributed by atoms with Gasteiger partial charge in [0.1, 0.15) is 11.4 Å². The SMILES string of the molecule is COc1ccccc1C1=C(N(C)Cc2ccccc2)C(=O)N(c2ccc(C)c(C)c2)C1=O. The number of imide groups is 1. The number of carbonyl (C=O) groups excluding carboxylic acids is 2. The summed E-state index contributed by atoms with van der Waals surface area (Å²) >= 11 is 0. The molecule has 1 aliphatic rings. The second-order valence-corrected chi connectivity index (χ2v) is 7.98. The van der Waals surface area contributed by atoms with E-state index in [4.69, 9.17) is 4.74 Å². The van der Waals surface area contributed by atoms with Gasteiger partial charge in [0.05, 0.1) is 18.4 Å². The molecule has 1 aliphatic heterocycles. The molecule has 0 N–H and O–H groups in total. The maximum Gasteiger partial charge on any atom is 0.282 e. The molecule has 0 fully saturated rings. The van der Waals surface area contributed by atoms with Crippen LogP contribution in [0.4, 0.5) is 5.69 Å². The molecule has 1 heterocycles. The predicted molar refractivity (Wildman–Crippen MR) is 126 cm³/mol. The minimum atomic E-state index is -0.349. The van der Waals surface area contributed by atoms with Crippen molar-refractivity contribution in [3.8, 4) is 5.75 Å². The minimum Gasteiger partial charge on any atom is -0.496 e. The van der Waals surface area contributed by atoms with Gasteiger partial charge in [0.25, 0.3) is 11.8 Å². The summed E-state index contributed by atoms with van der Waals surface area (Å²) < 4.78 is 5.53. The van der Waals surface area contributed by atoms with Crippen molar-refractivity contribution in [1.29, 1.82) is 0 Å². The zero-order valence-electron chi connectivity index (χ0n) is 18.8. The maximum absolute atomic E-state index is 13.7. The van der Waals surface area contributed by atoms with Crippen LogP contribution in [-0.4, -0.2) is 30.9 Å². The van der Waals surface area contributed by atoms with Crippen LogP contribution in [0, 0.1) is 13.8 Å². The Morgan fingerprint density at radius 1 is 0.844 bits per heavy atom. The molecule has 2 amide bonds. The molecule has 0 aliphatic carbocycles. The summed E-state index contributed by atoms with van der Waals surface area (Å²) in [7, 11) is 3.40. The molecule has 162 valence electrons. The monoisotopic (exact) mass is 426 g/mol. The molecule has 0 bridgehead atoms. The summed E-state index contributed by atoms with van der Waals surface area (Å²) in [4.78, 5) is 30.5. The first-order valence-electron chi connectivity index (χ1n) is 10.5. The first kappa shape index (κ1) is 21.4. The molecule has 5 nitrogen and oxygen atoms in total. The third kappa shape index (κ3) is 3.78. The van der Waals surface area contributed by atoms with Crippen LogP contribution in [0.15, 0.2) is 78.5 Å². The van der Waals surface area contributed by atoms with E-state index in [2.05, 4.69) is 0 Å². The van der Waals surface area contributed by atoms with Crippen LogP contribution in [-0.2, 0) is 16.1 Å². The summed E-state index contributed by atoms with van der Waals surface area (Å²) in [6.45, 7) is 4.47. The minimum absolute atomic E-state index is 0.336. The van der Waals surface area contributed by atoms with Gasteiger partial charge >= 0.3 is 0 Å². The Morgan fingerprint density at radius 3 is 2.22 bits per heavy atom. The number of methoxy groups -OCH3 is 1. The van der Waals surface area contributed by atoms with E-state index < -0.39 is 0 Å². The molecule has 0 aromatic heterocycles. The smallest absolute Gasteiger partial charge is 0.282 e. The maximum atomic E-state index is 13.7. The van der Waals surface area contributed by atoms with Gasteiger partial charge in [0, 0.05) is 19.2 Å². The molecule has 3 aromatic rings. The van der Waals surface area contributed by atoms with Crippen molar-refractivity contribution in [1.82, 2.24) is 4.90 Å². The molecule has 0 radical (unpaired) electrons. The number of nitrogens with zero attached hydrogens (tertiary/aromatic N) is 2. The second kappa shape index (κ2) is 8.71. The fraction of sp³-hybridized carbons (Fsp3) is 0.185. The number of benzene rings is 3. The summed E-state index contributed by atoms with van der Waals surface area (Å²) in [5.41, 5.74) is 5.06. The highest BCUT2D eigenvalue weighted by Gasteiger charge is 2.42. The van der Waals surface area contributed by atoms with E-state index in [1.807, 2.05) is 92.5 Å². The Morgan fingerprint density at radius 2 is 1.53 bits per heavy atom. The molecule has 32 heavy (non-hydrogen) atoms. The molecule has 4 rings (SSSR count). The predicted octanol–water partition coefficient (Wildman–Crippen LogP) is 4.73. The number of likely N-dealkylation sites (N-methyl/N-ethyl adjacent to an activating group) is 1. The van der Waals surface area contributed by atoms with E-state index in [-0.39, 0.29) is 11.8 Å². The van der Waals surface area contributed by atoms with E-state index in [0.717, 1.165) is 16.7 Å². The number of carbonyl (C=O) groups is 2. The molecule has 0 spiro atoms. The van der Waals surface area contributed by atoms with Gasteiger partial charge in [-0.25, -0.2) is 4.90 Å². The highest BCUT2D eigenvalue weighted by molar-refractivity contribution is 6.45. The number of hydrogen-bond acceptors (Lipinski definition) is 4. The first-order chi connectivity index (χ1) is 15.4. The van der Waals surface area contributed by atoms with E-state index in [1.165, 1.54) is 4.90 Å². The molecule has 0 unspecified atom stereocenters. The highest BCUT2D eigenvalue weighted by Crippen LogP contribution is 2.38. The average molecular weight is 427 g/mol. The molecule has 0 atom stereocenters. The molecule has 5 heteroatoms. The van der Waals surface area contributed by atoms with Gasteiger partial charge in [-0.2, -0.15) is 0 Å². The van der Waals surface area contributed by atoms with Gasteiger partial charge in [-0.05, 0) is 48.7 Å². The van der Waals surface area contributed by atoms with Crippen molar-refractivity contribution in [3.63, 3.8) is 0 Å². The second-order valence-electron chi connectivity index (χ2n) is 7.98. The first-order valence-corrected chi connectivity index (χ1v) is 10.5. The zero-order chi connectivity index (χ0) is 22.8. The van der Waals surface area contributed by atoms with E-state index >= 15 is 0 Å². The topological polar surface area (TPSA) is 49.9 Å². The Bertz CT molecular complexity index is 1210. The van der Waals surface area contributed by atoms with E-state index in [1.54, 1.807) is 13.2 Å². The lowest BCUT2D eigenvalue weighted by molar-refractivity contribution is -0.120.